The van der Waals surface area contributed by atoms with Crippen LogP contribution >= 0.6 is 11.3 Å². The molecule has 25 heavy (non-hydrogen) atoms. The number of carbonyl (C=O) groups is 1. The third-order valence-electron chi connectivity index (χ3n) is 3.93. The first-order chi connectivity index (χ1) is 11.8. The van der Waals surface area contributed by atoms with E-state index in [2.05, 4.69) is 4.74 Å². The molecule has 4 nitrogen and oxygen atoms in total. The van der Waals surface area contributed by atoms with E-state index in [1.165, 1.54) is 35.6 Å². The number of piperidine rings is 1. The fourth-order valence-corrected chi connectivity index (χ4v) is 3.76. The molecule has 1 atom stereocenters. The van der Waals surface area contributed by atoms with E-state index in [1.807, 2.05) is 0 Å². The summed E-state index contributed by atoms with van der Waals surface area (Å²) in [5, 5.41) is 0. The first-order valence-corrected chi connectivity index (χ1v) is 8.64. The Bertz CT molecular complexity index is 743. The van der Waals surface area contributed by atoms with Gasteiger partial charge in [-0.05, 0) is 54.8 Å². The summed E-state index contributed by atoms with van der Waals surface area (Å²) in [6, 6.07) is 9.14. The van der Waals surface area contributed by atoms with Crippen molar-refractivity contribution in [1.29, 1.82) is 0 Å². The van der Waals surface area contributed by atoms with Crippen LogP contribution < -0.4 is 10.5 Å². The van der Waals surface area contributed by atoms with E-state index < -0.39 is 6.36 Å². The van der Waals surface area contributed by atoms with E-state index in [9.17, 15) is 18.0 Å². The van der Waals surface area contributed by atoms with Crippen molar-refractivity contribution in [3.05, 3.63) is 41.3 Å². The van der Waals surface area contributed by atoms with Crippen LogP contribution in [-0.2, 0) is 0 Å². The molecule has 3 rings (SSSR count). The number of alkyl halides is 3. The molecule has 8 heteroatoms. The molecule has 0 radical (unpaired) electrons. The van der Waals surface area contributed by atoms with Gasteiger partial charge in [-0.3, -0.25) is 4.79 Å². The van der Waals surface area contributed by atoms with E-state index in [0.29, 0.717) is 18.0 Å². The van der Waals surface area contributed by atoms with Gasteiger partial charge in [0.25, 0.3) is 5.91 Å². The fourth-order valence-electron chi connectivity index (χ4n) is 2.78. The van der Waals surface area contributed by atoms with Crippen LogP contribution in [0.15, 0.2) is 36.4 Å². The Morgan fingerprint density at radius 2 is 1.92 bits per heavy atom. The Morgan fingerprint density at radius 3 is 2.56 bits per heavy atom. The number of hydrogen-bond donors (Lipinski definition) is 1. The summed E-state index contributed by atoms with van der Waals surface area (Å²) >= 11 is 1.31. The molecule has 0 bridgehead atoms. The Morgan fingerprint density at radius 1 is 1.20 bits per heavy atom. The number of hydrogen-bond acceptors (Lipinski definition) is 4. The van der Waals surface area contributed by atoms with Crippen LogP contribution in [0.2, 0.25) is 0 Å². The molecule has 0 aliphatic carbocycles. The summed E-state index contributed by atoms with van der Waals surface area (Å²) in [7, 11) is 0. The molecule has 1 fully saturated rings. The van der Waals surface area contributed by atoms with Gasteiger partial charge < -0.3 is 15.4 Å². The molecule has 0 saturated carbocycles. The van der Waals surface area contributed by atoms with E-state index in [0.717, 1.165) is 23.3 Å². The molecule has 0 spiro atoms. The SMILES string of the molecule is NC1CCCN(C(=O)c2ccc(-c3ccc(OC(F)(F)F)cc3)s2)C1. The quantitative estimate of drug-likeness (QED) is 0.892. The second-order valence-electron chi connectivity index (χ2n) is 5.89. The first kappa shape index (κ1) is 17.8. The highest BCUT2D eigenvalue weighted by atomic mass is 32.1. The lowest BCUT2D eigenvalue weighted by atomic mass is 10.1. The maximum Gasteiger partial charge on any atom is 0.573 e. The zero-order valence-corrected chi connectivity index (χ0v) is 14.1. The predicted octanol–water partition coefficient (Wildman–Crippen LogP) is 3.88. The van der Waals surface area contributed by atoms with Gasteiger partial charge >= 0.3 is 6.36 Å². The van der Waals surface area contributed by atoms with Crippen LogP contribution in [0.25, 0.3) is 10.4 Å². The Balaban J connectivity index is 1.71. The highest BCUT2D eigenvalue weighted by Crippen LogP contribution is 2.31. The second-order valence-corrected chi connectivity index (χ2v) is 6.97. The smallest absolute Gasteiger partial charge is 0.406 e. The lowest BCUT2D eigenvalue weighted by molar-refractivity contribution is -0.274. The highest BCUT2D eigenvalue weighted by Gasteiger charge is 2.31. The van der Waals surface area contributed by atoms with Crippen LogP contribution in [0.4, 0.5) is 13.2 Å². The zero-order chi connectivity index (χ0) is 18.0. The van der Waals surface area contributed by atoms with Gasteiger partial charge in [-0.2, -0.15) is 0 Å². The van der Waals surface area contributed by atoms with Gasteiger partial charge in [-0.25, -0.2) is 0 Å². The van der Waals surface area contributed by atoms with Crippen molar-refractivity contribution in [1.82, 2.24) is 4.90 Å². The van der Waals surface area contributed by atoms with Crippen molar-refractivity contribution in [3.63, 3.8) is 0 Å². The molecule has 2 aromatic rings. The molecule has 1 aromatic carbocycles. The third-order valence-corrected chi connectivity index (χ3v) is 5.06. The topological polar surface area (TPSA) is 55.6 Å². The molecule has 1 unspecified atom stereocenters. The lowest BCUT2D eigenvalue weighted by Gasteiger charge is -2.30. The van der Waals surface area contributed by atoms with E-state index in [-0.39, 0.29) is 17.7 Å². The van der Waals surface area contributed by atoms with Gasteiger partial charge in [0.2, 0.25) is 0 Å². The van der Waals surface area contributed by atoms with Gasteiger partial charge in [0.1, 0.15) is 5.75 Å². The van der Waals surface area contributed by atoms with Crippen molar-refractivity contribution in [2.45, 2.75) is 25.2 Å². The number of amides is 1. The van der Waals surface area contributed by atoms with Crippen LogP contribution in [-0.4, -0.2) is 36.3 Å². The van der Waals surface area contributed by atoms with Crippen LogP contribution in [0, 0.1) is 0 Å². The molecule has 1 aliphatic rings. The highest BCUT2D eigenvalue weighted by molar-refractivity contribution is 7.17. The summed E-state index contributed by atoms with van der Waals surface area (Å²) < 4.78 is 40.4. The summed E-state index contributed by atoms with van der Waals surface area (Å²) in [4.78, 5) is 15.7. The number of rotatable bonds is 3. The van der Waals surface area contributed by atoms with Crippen molar-refractivity contribution < 1.29 is 22.7 Å². The van der Waals surface area contributed by atoms with Gasteiger partial charge in [0.15, 0.2) is 0 Å². The minimum absolute atomic E-state index is 0.0123. The maximum absolute atomic E-state index is 12.5. The van der Waals surface area contributed by atoms with Crippen molar-refractivity contribution >= 4 is 17.2 Å². The molecule has 1 amide bonds. The number of carbonyl (C=O) groups excluding carboxylic acids is 1. The average molecular weight is 370 g/mol. The zero-order valence-electron chi connectivity index (χ0n) is 13.3. The van der Waals surface area contributed by atoms with Crippen LogP contribution in [0.5, 0.6) is 5.75 Å². The Hall–Kier alpha value is -2.06. The van der Waals surface area contributed by atoms with Gasteiger partial charge in [-0.1, -0.05) is 0 Å². The largest absolute Gasteiger partial charge is 0.573 e. The second kappa shape index (κ2) is 7.05. The van der Waals surface area contributed by atoms with E-state index >= 15 is 0 Å². The molecular formula is C17H17F3N2O2S. The van der Waals surface area contributed by atoms with Crippen LogP contribution in [0.1, 0.15) is 22.5 Å². The summed E-state index contributed by atoms with van der Waals surface area (Å²) in [6.45, 7) is 1.25. The summed E-state index contributed by atoms with van der Waals surface area (Å²) in [5.74, 6) is -0.324. The number of nitrogens with zero attached hydrogens (tertiary/aromatic N) is 1. The van der Waals surface area contributed by atoms with Crippen molar-refractivity contribution in [2.24, 2.45) is 5.73 Å². The monoisotopic (exact) mass is 370 g/mol. The Kier molecular flexibility index (Phi) is 5.01. The number of likely N-dealkylation sites (tertiary alicyclic amines) is 1. The normalized spacial score (nSPS) is 18.2. The molecule has 1 saturated heterocycles. The standard InChI is InChI=1S/C17H17F3N2O2S/c18-17(19,20)24-13-5-3-11(4-6-13)14-7-8-15(25-14)16(23)22-9-1-2-12(21)10-22/h3-8,12H,1-2,9-10,21H2. The number of ether oxygens (including phenoxy) is 1. The van der Waals surface area contributed by atoms with Crippen molar-refractivity contribution in [2.75, 3.05) is 13.1 Å². The van der Waals surface area contributed by atoms with Crippen molar-refractivity contribution in [3.8, 4) is 16.2 Å². The van der Waals surface area contributed by atoms with Gasteiger partial charge in [0.05, 0.1) is 4.88 Å². The van der Waals surface area contributed by atoms with Gasteiger partial charge in [0, 0.05) is 24.0 Å². The lowest BCUT2D eigenvalue weighted by Crippen LogP contribution is -2.45. The fraction of sp³-hybridized carbons (Fsp3) is 0.353. The number of nitrogens with two attached hydrogens (primary N) is 1. The number of thiophene rings is 1. The van der Waals surface area contributed by atoms with E-state index in [4.69, 9.17) is 5.73 Å². The average Bonchev–Trinajstić information content (AvgIpc) is 3.03. The third kappa shape index (κ3) is 4.52. The minimum atomic E-state index is -4.71. The molecule has 1 aliphatic heterocycles. The molecule has 1 aromatic heterocycles. The van der Waals surface area contributed by atoms with E-state index in [1.54, 1.807) is 17.0 Å². The molecule has 134 valence electrons. The number of benzene rings is 1. The molecule has 2 N–H and O–H groups in total. The maximum atomic E-state index is 12.5. The number of halogens is 3. The summed E-state index contributed by atoms with van der Waals surface area (Å²) in [5.41, 5.74) is 6.64. The minimum Gasteiger partial charge on any atom is -0.406 e. The first-order valence-electron chi connectivity index (χ1n) is 7.83. The van der Waals surface area contributed by atoms with Gasteiger partial charge in [-0.15, -0.1) is 24.5 Å². The molecular weight excluding hydrogens is 353 g/mol. The Labute approximate surface area is 147 Å². The predicted molar refractivity (Wildman–Crippen MR) is 89.6 cm³/mol. The molecule has 2 heterocycles. The summed E-state index contributed by atoms with van der Waals surface area (Å²) in [6.07, 6.45) is -2.89. The van der Waals surface area contributed by atoms with Crippen LogP contribution in [0.3, 0.4) is 0 Å².